The second kappa shape index (κ2) is 10.9. The number of amides is 1. The van der Waals surface area contributed by atoms with Gasteiger partial charge >= 0.3 is 5.69 Å². The zero-order chi connectivity index (χ0) is 27.7. The lowest BCUT2D eigenvalue weighted by molar-refractivity contribution is -0.385. The summed E-state index contributed by atoms with van der Waals surface area (Å²) >= 11 is 4.29. The summed E-state index contributed by atoms with van der Waals surface area (Å²) in [6.07, 6.45) is 1.39. The molecule has 0 radical (unpaired) electrons. The SMILES string of the molecule is CCN(CC)C(=O)C1=C(C)N=c2s/c(=C/c3cc(Br)cc([N+](=O)[O-])c3O)c(=O)n2[C@H]1c1ccccc1OC. The second-order valence-corrected chi connectivity index (χ2v) is 10.3. The van der Waals surface area contributed by atoms with Crippen molar-refractivity contribution in [1.29, 1.82) is 0 Å². The highest BCUT2D eigenvalue weighted by atomic mass is 79.9. The van der Waals surface area contributed by atoms with Gasteiger partial charge in [-0.3, -0.25) is 24.3 Å². The summed E-state index contributed by atoms with van der Waals surface area (Å²) in [6, 6.07) is 9.03. The molecule has 198 valence electrons. The molecule has 0 saturated carbocycles. The van der Waals surface area contributed by atoms with Crippen LogP contribution >= 0.6 is 27.3 Å². The Hall–Kier alpha value is -3.77. The van der Waals surface area contributed by atoms with Crippen molar-refractivity contribution in [3.8, 4) is 11.5 Å². The summed E-state index contributed by atoms with van der Waals surface area (Å²) in [6.45, 7) is 6.47. The molecular weight excluding hydrogens is 576 g/mol. The molecule has 1 amide bonds. The van der Waals surface area contributed by atoms with Crippen LogP contribution in [0.25, 0.3) is 6.08 Å². The van der Waals surface area contributed by atoms with Gasteiger partial charge in [0.1, 0.15) is 11.8 Å². The number of para-hydroxylation sites is 1. The lowest BCUT2D eigenvalue weighted by Crippen LogP contribution is -2.43. The largest absolute Gasteiger partial charge is 0.502 e. The van der Waals surface area contributed by atoms with Crippen molar-refractivity contribution < 1.29 is 19.6 Å². The van der Waals surface area contributed by atoms with Crippen LogP contribution in [0.15, 0.2) is 61.9 Å². The van der Waals surface area contributed by atoms with Crippen LogP contribution < -0.4 is 19.6 Å². The Morgan fingerprint density at radius 1 is 1.32 bits per heavy atom. The number of phenols is 1. The van der Waals surface area contributed by atoms with E-state index in [1.807, 2.05) is 13.8 Å². The smallest absolute Gasteiger partial charge is 0.312 e. The lowest BCUT2D eigenvalue weighted by Gasteiger charge is -2.29. The molecule has 1 atom stereocenters. The first-order valence-electron chi connectivity index (χ1n) is 11.7. The fourth-order valence-electron chi connectivity index (χ4n) is 4.46. The topological polar surface area (TPSA) is 127 Å². The minimum absolute atomic E-state index is 0.0975. The lowest BCUT2D eigenvalue weighted by atomic mass is 9.94. The number of carbonyl (C=O) groups is 1. The maximum atomic E-state index is 13.9. The summed E-state index contributed by atoms with van der Waals surface area (Å²) in [5, 5.41) is 21.9. The van der Waals surface area contributed by atoms with Gasteiger partial charge in [-0.2, -0.15) is 0 Å². The number of ether oxygens (including phenoxy) is 1. The van der Waals surface area contributed by atoms with E-state index in [4.69, 9.17) is 4.74 Å². The zero-order valence-electron chi connectivity index (χ0n) is 21.1. The quantitative estimate of drug-likeness (QED) is 0.327. The van der Waals surface area contributed by atoms with Crippen LogP contribution in [0.3, 0.4) is 0 Å². The average Bonchev–Trinajstić information content (AvgIpc) is 3.19. The van der Waals surface area contributed by atoms with Gasteiger partial charge in [-0.25, -0.2) is 4.99 Å². The third-order valence-electron chi connectivity index (χ3n) is 6.30. The van der Waals surface area contributed by atoms with Crippen molar-refractivity contribution in [3.05, 3.63) is 93.1 Å². The van der Waals surface area contributed by atoms with Gasteiger partial charge in [-0.1, -0.05) is 45.5 Å². The van der Waals surface area contributed by atoms with Gasteiger partial charge in [-0.15, -0.1) is 0 Å². The molecule has 0 fully saturated rings. The molecule has 1 N–H and O–H groups in total. The molecule has 2 aromatic carbocycles. The van der Waals surface area contributed by atoms with Crippen LogP contribution in [0.1, 0.15) is 37.9 Å². The van der Waals surface area contributed by atoms with Crippen LogP contribution in [0.4, 0.5) is 5.69 Å². The van der Waals surface area contributed by atoms with Gasteiger partial charge in [0, 0.05) is 34.8 Å². The summed E-state index contributed by atoms with van der Waals surface area (Å²) in [7, 11) is 1.52. The van der Waals surface area contributed by atoms with Gasteiger partial charge < -0.3 is 14.7 Å². The molecule has 1 aromatic heterocycles. The second-order valence-electron chi connectivity index (χ2n) is 8.42. The van der Waals surface area contributed by atoms with Crippen molar-refractivity contribution in [2.24, 2.45) is 4.99 Å². The van der Waals surface area contributed by atoms with E-state index in [1.165, 1.54) is 29.9 Å². The number of hydrogen-bond donors (Lipinski definition) is 1. The first-order valence-corrected chi connectivity index (χ1v) is 13.3. The van der Waals surface area contributed by atoms with E-state index in [0.717, 1.165) is 11.3 Å². The van der Waals surface area contributed by atoms with Crippen molar-refractivity contribution >= 4 is 44.9 Å². The first kappa shape index (κ1) is 27.3. The normalized spacial score (nSPS) is 15.2. The molecule has 0 bridgehead atoms. The van der Waals surface area contributed by atoms with E-state index in [9.17, 15) is 24.8 Å². The number of nitro groups is 1. The van der Waals surface area contributed by atoms with E-state index in [2.05, 4.69) is 20.9 Å². The van der Waals surface area contributed by atoms with Crippen LogP contribution in [0.5, 0.6) is 11.5 Å². The number of rotatable bonds is 7. The van der Waals surface area contributed by atoms with E-state index in [-0.39, 0.29) is 16.0 Å². The number of methoxy groups -OCH3 is 1. The zero-order valence-corrected chi connectivity index (χ0v) is 23.5. The molecule has 1 aliphatic rings. The molecule has 0 aliphatic carbocycles. The predicted molar refractivity (Wildman–Crippen MR) is 147 cm³/mol. The molecule has 10 nitrogen and oxygen atoms in total. The number of nitro benzene ring substituents is 1. The van der Waals surface area contributed by atoms with E-state index < -0.39 is 28.0 Å². The first-order chi connectivity index (χ1) is 18.1. The van der Waals surface area contributed by atoms with Gasteiger partial charge in [0.2, 0.25) is 5.75 Å². The number of phenolic OH excluding ortho intramolecular Hbond substituents is 1. The Balaban J connectivity index is 2.02. The number of carbonyl (C=O) groups excluding carboxylic acids is 1. The van der Waals surface area contributed by atoms with Crippen molar-refractivity contribution in [2.75, 3.05) is 20.2 Å². The molecule has 4 rings (SSSR count). The number of aromatic hydroxyl groups is 1. The summed E-state index contributed by atoms with van der Waals surface area (Å²) in [5.41, 5.74) is 0.607. The molecule has 12 heteroatoms. The summed E-state index contributed by atoms with van der Waals surface area (Å²) in [4.78, 5) is 44.9. The average molecular weight is 601 g/mol. The number of hydrogen-bond acceptors (Lipinski definition) is 8. The van der Waals surface area contributed by atoms with Crippen molar-refractivity contribution in [2.45, 2.75) is 26.8 Å². The molecule has 0 unspecified atom stereocenters. The standard InChI is InChI=1S/C26H25BrN4O6S/c1-5-29(6-2)25(34)21-14(3)28-26-30(22(21)17-9-7-8-10-19(17)37-4)24(33)20(38-26)12-15-11-16(27)13-18(23(15)32)31(35)36/h7-13,22,32H,5-6H2,1-4H3/b20-12+/t22-/m0/s1. The van der Waals surface area contributed by atoms with Gasteiger partial charge in [-0.05, 0) is 39.0 Å². The van der Waals surface area contributed by atoms with E-state index in [0.29, 0.717) is 44.9 Å². The molecule has 38 heavy (non-hydrogen) atoms. The Kier molecular flexibility index (Phi) is 7.83. The van der Waals surface area contributed by atoms with Crippen LogP contribution in [0.2, 0.25) is 0 Å². The molecule has 0 saturated heterocycles. The molecule has 1 aliphatic heterocycles. The highest BCUT2D eigenvalue weighted by Gasteiger charge is 2.35. The van der Waals surface area contributed by atoms with Gasteiger partial charge in [0.25, 0.3) is 11.5 Å². The number of nitrogens with zero attached hydrogens (tertiary/aromatic N) is 4. The third kappa shape index (κ3) is 4.76. The van der Waals surface area contributed by atoms with Crippen LogP contribution in [-0.4, -0.2) is 45.6 Å². The Bertz CT molecular complexity index is 1650. The predicted octanol–water partition coefficient (Wildman–Crippen LogP) is 3.49. The Morgan fingerprint density at radius 3 is 2.63 bits per heavy atom. The maximum Gasteiger partial charge on any atom is 0.312 e. The number of fused-ring (bicyclic) bond motifs is 1. The fourth-order valence-corrected chi connectivity index (χ4v) is 5.96. The van der Waals surface area contributed by atoms with Crippen LogP contribution in [-0.2, 0) is 4.79 Å². The van der Waals surface area contributed by atoms with Crippen molar-refractivity contribution in [1.82, 2.24) is 9.47 Å². The minimum atomic E-state index is -0.817. The number of benzene rings is 2. The Morgan fingerprint density at radius 2 is 2.00 bits per heavy atom. The van der Waals surface area contributed by atoms with Crippen LogP contribution in [0, 0.1) is 10.1 Å². The van der Waals surface area contributed by atoms with Gasteiger partial charge in [0.05, 0.1) is 27.8 Å². The molecular formula is C26H25BrN4O6S. The number of likely N-dealkylation sites (N-methyl/N-ethyl adjacent to an activating group) is 1. The van der Waals surface area contributed by atoms with Crippen molar-refractivity contribution in [3.63, 3.8) is 0 Å². The molecule has 0 spiro atoms. The number of aromatic nitrogens is 1. The third-order valence-corrected chi connectivity index (χ3v) is 7.74. The monoisotopic (exact) mass is 600 g/mol. The Labute approximate surface area is 230 Å². The van der Waals surface area contributed by atoms with Gasteiger partial charge in [0.15, 0.2) is 4.80 Å². The minimum Gasteiger partial charge on any atom is -0.502 e. The number of allylic oxidation sites excluding steroid dienone is 1. The molecule has 2 heterocycles. The number of thiazole rings is 1. The highest BCUT2D eigenvalue weighted by molar-refractivity contribution is 9.10. The highest BCUT2D eigenvalue weighted by Crippen LogP contribution is 2.36. The maximum absolute atomic E-state index is 13.9. The molecule has 3 aromatic rings. The summed E-state index contributed by atoms with van der Waals surface area (Å²) < 4.78 is 7.60. The summed E-state index contributed by atoms with van der Waals surface area (Å²) in [5.74, 6) is -0.285. The van der Waals surface area contributed by atoms with E-state index in [1.54, 1.807) is 36.1 Å². The number of halogens is 1. The fraction of sp³-hybridized carbons (Fsp3) is 0.269. The van der Waals surface area contributed by atoms with E-state index >= 15 is 0 Å².